The van der Waals surface area contributed by atoms with Crippen molar-refractivity contribution in [2.75, 3.05) is 4.90 Å². The molecular formula is C23H18N2O. The van der Waals surface area contributed by atoms with Gasteiger partial charge in [0.25, 0.3) is 0 Å². The monoisotopic (exact) mass is 338 g/mol. The van der Waals surface area contributed by atoms with Crippen molar-refractivity contribution in [3.05, 3.63) is 89.0 Å². The molecule has 3 heteroatoms. The summed E-state index contributed by atoms with van der Waals surface area (Å²) in [5, 5.41) is 9.58. The molecule has 1 aliphatic rings. The zero-order valence-electron chi connectivity index (χ0n) is 14.6. The molecular weight excluding hydrogens is 320 g/mol. The molecule has 0 aromatic heterocycles. The molecule has 0 N–H and O–H groups in total. The summed E-state index contributed by atoms with van der Waals surface area (Å²) in [6, 6.07) is 24.3. The molecule has 3 aromatic carbocycles. The van der Waals surface area contributed by atoms with Crippen molar-refractivity contribution >= 4 is 11.5 Å². The fraction of sp³-hybridized carbons (Fsp3) is 0.130. The Kier molecular flexibility index (Phi) is 4.02. The second-order valence-corrected chi connectivity index (χ2v) is 6.57. The summed E-state index contributed by atoms with van der Waals surface area (Å²) < 4.78 is 0. The van der Waals surface area contributed by atoms with Gasteiger partial charge in [-0.25, -0.2) is 0 Å². The van der Waals surface area contributed by atoms with Gasteiger partial charge in [0.15, 0.2) is 5.78 Å². The normalized spacial score (nSPS) is 12.5. The SMILES string of the molecule is CC(=O)c1ccc(C#N)c(N2Cc3ccccc3-c3ccccc3C2)c1. The van der Waals surface area contributed by atoms with Crippen molar-refractivity contribution in [2.45, 2.75) is 20.0 Å². The number of rotatable bonds is 2. The number of ketones is 1. The number of anilines is 1. The van der Waals surface area contributed by atoms with Gasteiger partial charge in [-0.3, -0.25) is 4.79 Å². The highest BCUT2D eigenvalue weighted by Gasteiger charge is 2.21. The van der Waals surface area contributed by atoms with Crippen LogP contribution in [0.1, 0.15) is 34.0 Å². The van der Waals surface area contributed by atoms with Crippen molar-refractivity contribution in [2.24, 2.45) is 0 Å². The van der Waals surface area contributed by atoms with Gasteiger partial charge in [0.1, 0.15) is 6.07 Å². The van der Waals surface area contributed by atoms with Crippen LogP contribution in [0.2, 0.25) is 0 Å². The van der Waals surface area contributed by atoms with Gasteiger partial charge in [-0.2, -0.15) is 5.26 Å². The molecule has 1 heterocycles. The molecule has 26 heavy (non-hydrogen) atoms. The molecule has 0 saturated carbocycles. The fourth-order valence-corrected chi connectivity index (χ4v) is 3.59. The Balaban J connectivity index is 1.89. The van der Waals surface area contributed by atoms with Crippen LogP contribution in [0.15, 0.2) is 66.7 Å². The highest BCUT2D eigenvalue weighted by molar-refractivity contribution is 5.95. The average molecular weight is 338 g/mol. The maximum absolute atomic E-state index is 11.8. The molecule has 0 amide bonds. The molecule has 0 radical (unpaired) electrons. The highest BCUT2D eigenvalue weighted by Crippen LogP contribution is 2.35. The van der Waals surface area contributed by atoms with Crippen molar-refractivity contribution in [1.82, 2.24) is 0 Å². The predicted molar refractivity (Wildman–Crippen MR) is 103 cm³/mol. The molecule has 0 atom stereocenters. The van der Waals surface area contributed by atoms with Crippen LogP contribution in [0.4, 0.5) is 5.69 Å². The van der Waals surface area contributed by atoms with Gasteiger partial charge in [0.05, 0.1) is 11.3 Å². The number of nitriles is 1. The molecule has 3 nitrogen and oxygen atoms in total. The topological polar surface area (TPSA) is 44.1 Å². The maximum atomic E-state index is 11.8. The molecule has 1 aliphatic heterocycles. The van der Waals surface area contributed by atoms with Crippen LogP contribution in [0, 0.1) is 11.3 Å². The first-order valence-corrected chi connectivity index (χ1v) is 8.63. The van der Waals surface area contributed by atoms with Gasteiger partial charge < -0.3 is 4.90 Å². The van der Waals surface area contributed by atoms with Crippen molar-refractivity contribution < 1.29 is 4.79 Å². The molecule has 0 saturated heterocycles. The van der Waals surface area contributed by atoms with E-state index in [-0.39, 0.29) is 5.78 Å². The number of nitrogens with zero attached hydrogens (tertiary/aromatic N) is 2. The number of benzene rings is 3. The Morgan fingerprint density at radius 2 is 1.50 bits per heavy atom. The lowest BCUT2D eigenvalue weighted by Gasteiger charge is -2.25. The summed E-state index contributed by atoms with van der Waals surface area (Å²) >= 11 is 0. The van der Waals surface area contributed by atoms with E-state index in [1.165, 1.54) is 22.3 Å². The summed E-state index contributed by atoms with van der Waals surface area (Å²) in [7, 11) is 0. The van der Waals surface area contributed by atoms with Gasteiger partial charge in [0.2, 0.25) is 0 Å². The van der Waals surface area contributed by atoms with E-state index in [0.717, 1.165) is 5.69 Å². The summed E-state index contributed by atoms with van der Waals surface area (Å²) in [5.74, 6) is 0.00589. The molecule has 3 aromatic rings. The minimum atomic E-state index is 0.00589. The molecule has 0 unspecified atom stereocenters. The molecule has 0 spiro atoms. The Labute approximate surface area is 153 Å². The Bertz CT molecular complexity index is 999. The van der Waals surface area contributed by atoms with E-state index in [1.54, 1.807) is 19.1 Å². The van der Waals surface area contributed by atoms with Crippen molar-refractivity contribution in [3.63, 3.8) is 0 Å². The highest BCUT2D eigenvalue weighted by atomic mass is 16.1. The van der Waals surface area contributed by atoms with Crippen LogP contribution < -0.4 is 4.90 Å². The van der Waals surface area contributed by atoms with Crippen LogP contribution in [-0.2, 0) is 13.1 Å². The van der Waals surface area contributed by atoms with E-state index in [0.29, 0.717) is 24.2 Å². The molecule has 0 fully saturated rings. The van der Waals surface area contributed by atoms with Crippen LogP contribution in [0.5, 0.6) is 0 Å². The molecule has 0 aliphatic carbocycles. The number of hydrogen-bond acceptors (Lipinski definition) is 3. The quantitative estimate of drug-likeness (QED) is 0.621. The van der Waals surface area contributed by atoms with E-state index in [9.17, 15) is 10.1 Å². The average Bonchev–Trinajstić information content (AvgIpc) is 2.84. The number of carbonyl (C=O) groups is 1. The second-order valence-electron chi connectivity index (χ2n) is 6.57. The minimum absolute atomic E-state index is 0.00589. The summed E-state index contributed by atoms with van der Waals surface area (Å²) in [4.78, 5) is 14.0. The number of hydrogen-bond donors (Lipinski definition) is 0. The lowest BCUT2D eigenvalue weighted by atomic mass is 9.97. The van der Waals surface area contributed by atoms with Gasteiger partial charge >= 0.3 is 0 Å². The molecule has 0 bridgehead atoms. The van der Waals surface area contributed by atoms with E-state index in [4.69, 9.17) is 0 Å². The van der Waals surface area contributed by atoms with Crippen LogP contribution >= 0.6 is 0 Å². The lowest BCUT2D eigenvalue weighted by molar-refractivity contribution is 0.101. The Morgan fingerprint density at radius 1 is 0.923 bits per heavy atom. The fourth-order valence-electron chi connectivity index (χ4n) is 3.59. The van der Waals surface area contributed by atoms with E-state index in [2.05, 4.69) is 47.4 Å². The smallest absolute Gasteiger partial charge is 0.159 e. The first-order chi connectivity index (χ1) is 12.7. The summed E-state index contributed by atoms with van der Waals surface area (Å²) in [6.45, 7) is 2.94. The maximum Gasteiger partial charge on any atom is 0.159 e. The number of carbonyl (C=O) groups excluding carboxylic acids is 1. The minimum Gasteiger partial charge on any atom is -0.362 e. The Morgan fingerprint density at radius 3 is 2.04 bits per heavy atom. The third-order valence-corrected chi connectivity index (χ3v) is 4.91. The summed E-state index contributed by atoms with van der Waals surface area (Å²) in [5.41, 5.74) is 6.92. The number of fused-ring (bicyclic) bond motifs is 3. The van der Waals surface area contributed by atoms with Crippen molar-refractivity contribution in [1.29, 1.82) is 5.26 Å². The van der Waals surface area contributed by atoms with Crippen LogP contribution in [0.3, 0.4) is 0 Å². The number of Topliss-reactive ketones (excluding diaryl/α,β-unsaturated/α-hetero) is 1. The zero-order valence-corrected chi connectivity index (χ0v) is 14.6. The Hall–Kier alpha value is -3.38. The van der Waals surface area contributed by atoms with Gasteiger partial charge in [0, 0.05) is 18.7 Å². The largest absolute Gasteiger partial charge is 0.362 e. The van der Waals surface area contributed by atoms with E-state index < -0.39 is 0 Å². The second kappa shape index (κ2) is 6.50. The lowest BCUT2D eigenvalue weighted by Crippen LogP contribution is -2.22. The molecule has 126 valence electrons. The predicted octanol–water partition coefficient (Wildman–Crippen LogP) is 4.95. The first-order valence-electron chi connectivity index (χ1n) is 8.63. The van der Waals surface area contributed by atoms with Gasteiger partial charge in [-0.1, -0.05) is 48.5 Å². The van der Waals surface area contributed by atoms with Gasteiger partial charge in [-0.15, -0.1) is 0 Å². The van der Waals surface area contributed by atoms with E-state index >= 15 is 0 Å². The zero-order chi connectivity index (χ0) is 18.1. The third-order valence-electron chi connectivity index (χ3n) is 4.91. The van der Waals surface area contributed by atoms with Gasteiger partial charge in [-0.05, 0) is 47.4 Å². The molecule has 4 rings (SSSR count). The van der Waals surface area contributed by atoms with Crippen LogP contribution in [0.25, 0.3) is 11.1 Å². The van der Waals surface area contributed by atoms with E-state index in [1.807, 2.05) is 18.2 Å². The van der Waals surface area contributed by atoms with Crippen LogP contribution in [-0.4, -0.2) is 5.78 Å². The standard InChI is InChI=1S/C23H18N2O/c1-16(26)17-10-11-18(13-24)23(12-17)25-14-19-6-2-4-8-21(19)22-9-5-3-7-20(22)15-25/h2-12H,14-15H2,1H3. The third kappa shape index (κ3) is 2.76. The summed E-state index contributed by atoms with van der Waals surface area (Å²) in [6.07, 6.45) is 0. The van der Waals surface area contributed by atoms with Crippen molar-refractivity contribution in [3.8, 4) is 17.2 Å². The first kappa shape index (κ1) is 16.1.